The highest BCUT2D eigenvalue weighted by molar-refractivity contribution is 7.99. The van der Waals surface area contributed by atoms with Crippen LogP contribution in [0.4, 0.5) is 0 Å². The lowest BCUT2D eigenvalue weighted by Gasteiger charge is -2.32. The van der Waals surface area contributed by atoms with Crippen molar-refractivity contribution in [3.63, 3.8) is 0 Å². The minimum Gasteiger partial charge on any atom is -0.493 e. The first-order chi connectivity index (χ1) is 17.5. The zero-order chi connectivity index (χ0) is 25.5. The monoisotopic (exact) mass is 506 g/mol. The molecule has 8 heteroatoms. The SMILES string of the molecule is COc1cc2c(cc1OC)CN(C(=O)C(CSc1ccc(Oc3ccccc3)cc1)NC(C)=O)CC2. The Morgan fingerprint density at radius 2 is 1.58 bits per heavy atom. The van der Waals surface area contributed by atoms with Gasteiger partial charge >= 0.3 is 0 Å². The number of carbonyl (C=O) groups is 2. The van der Waals surface area contributed by atoms with Crippen LogP contribution < -0.4 is 19.5 Å². The molecule has 1 unspecified atom stereocenters. The Kier molecular flexibility index (Phi) is 8.38. The molecule has 188 valence electrons. The van der Waals surface area contributed by atoms with Crippen molar-refractivity contribution in [3.8, 4) is 23.0 Å². The van der Waals surface area contributed by atoms with Gasteiger partial charge in [0, 0.05) is 30.7 Å². The quantitative estimate of drug-likeness (QED) is 0.425. The smallest absolute Gasteiger partial charge is 0.246 e. The number of para-hydroxylation sites is 1. The summed E-state index contributed by atoms with van der Waals surface area (Å²) in [6, 6.07) is 20.6. The van der Waals surface area contributed by atoms with E-state index < -0.39 is 6.04 Å². The Hall–Kier alpha value is -3.65. The molecule has 1 heterocycles. The second-order valence-electron chi connectivity index (χ2n) is 8.44. The zero-order valence-corrected chi connectivity index (χ0v) is 21.5. The van der Waals surface area contributed by atoms with Gasteiger partial charge in [-0.05, 0) is 66.1 Å². The van der Waals surface area contributed by atoms with Crippen molar-refractivity contribution in [2.45, 2.75) is 30.8 Å². The Morgan fingerprint density at radius 1 is 0.944 bits per heavy atom. The topological polar surface area (TPSA) is 77.1 Å². The molecule has 0 bridgehead atoms. The average molecular weight is 507 g/mol. The fraction of sp³-hybridized carbons (Fsp3) is 0.286. The summed E-state index contributed by atoms with van der Waals surface area (Å²) < 4.78 is 16.7. The van der Waals surface area contributed by atoms with Gasteiger partial charge in [0.2, 0.25) is 11.8 Å². The second-order valence-corrected chi connectivity index (χ2v) is 9.53. The van der Waals surface area contributed by atoms with Gasteiger partial charge in [-0.25, -0.2) is 0 Å². The van der Waals surface area contributed by atoms with Crippen molar-refractivity contribution in [1.82, 2.24) is 10.2 Å². The van der Waals surface area contributed by atoms with E-state index in [0.29, 0.717) is 36.8 Å². The fourth-order valence-electron chi connectivity index (χ4n) is 4.12. The molecule has 1 aliphatic rings. The molecular weight excluding hydrogens is 476 g/mol. The largest absolute Gasteiger partial charge is 0.493 e. The van der Waals surface area contributed by atoms with E-state index in [1.165, 1.54) is 18.7 Å². The summed E-state index contributed by atoms with van der Waals surface area (Å²) in [6.07, 6.45) is 0.713. The van der Waals surface area contributed by atoms with Crippen LogP contribution in [-0.4, -0.2) is 49.3 Å². The summed E-state index contributed by atoms with van der Waals surface area (Å²) in [6.45, 7) is 2.47. The van der Waals surface area contributed by atoms with Crippen LogP contribution in [0.1, 0.15) is 18.1 Å². The van der Waals surface area contributed by atoms with E-state index in [-0.39, 0.29) is 11.8 Å². The molecule has 0 radical (unpaired) electrons. The first kappa shape index (κ1) is 25.4. The first-order valence-corrected chi connectivity index (χ1v) is 12.7. The molecule has 7 nitrogen and oxygen atoms in total. The van der Waals surface area contributed by atoms with Gasteiger partial charge in [-0.15, -0.1) is 11.8 Å². The van der Waals surface area contributed by atoms with Crippen molar-refractivity contribution in [1.29, 1.82) is 0 Å². The molecule has 3 aromatic carbocycles. The third kappa shape index (κ3) is 6.31. The Labute approximate surface area is 215 Å². The number of benzene rings is 3. The van der Waals surface area contributed by atoms with E-state index in [2.05, 4.69) is 5.32 Å². The van der Waals surface area contributed by atoms with Crippen molar-refractivity contribution in [2.24, 2.45) is 0 Å². The van der Waals surface area contributed by atoms with Crippen LogP contribution in [0.15, 0.2) is 71.6 Å². The molecule has 1 N–H and O–H groups in total. The van der Waals surface area contributed by atoms with Crippen LogP contribution in [0, 0.1) is 0 Å². The van der Waals surface area contributed by atoms with Crippen LogP contribution in [0.25, 0.3) is 0 Å². The van der Waals surface area contributed by atoms with E-state index >= 15 is 0 Å². The highest BCUT2D eigenvalue weighted by Gasteiger charge is 2.29. The number of nitrogens with zero attached hydrogens (tertiary/aromatic N) is 1. The van der Waals surface area contributed by atoms with Gasteiger partial charge in [-0.2, -0.15) is 0 Å². The molecule has 0 fully saturated rings. The number of thioether (sulfide) groups is 1. The standard InChI is InChI=1S/C28H30N2O5S/c1-19(31)29-25(18-36-24-11-9-23(10-12-24)35-22-7-5-4-6-8-22)28(32)30-14-13-20-15-26(33-2)27(34-3)16-21(20)17-30/h4-12,15-16,25H,13-14,17-18H2,1-3H3,(H,29,31). The highest BCUT2D eigenvalue weighted by Crippen LogP contribution is 2.33. The maximum Gasteiger partial charge on any atom is 0.246 e. The van der Waals surface area contributed by atoms with Crippen molar-refractivity contribution in [3.05, 3.63) is 77.9 Å². The van der Waals surface area contributed by atoms with Gasteiger partial charge in [-0.1, -0.05) is 18.2 Å². The number of rotatable bonds is 9. The number of amides is 2. The molecule has 4 rings (SSSR count). The maximum atomic E-state index is 13.4. The summed E-state index contributed by atoms with van der Waals surface area (Å²) in [4.78, 5) is 28.1. The van der Waals surface area contributed by atoms with Crippen molar-refractivity contribution < 1.29 is 23.8 Å². The third-order valence-electron chi connectivity index (χ3n) is 5.92. The first-order valence-electron chi connectivity index (χ1n) is 11.7. The number of carbonyl (C=O) groups excluding carboxylic acids is 2. The molecule has 0 saturated carbocycles. The molecule has 36 heavy (non-hydrogen) atoms. The van der Waals surface area contributed by atoms with Crippen molar-refractivity contribution >= 4 is 23.6 Å². The number of methoxy groups -OCH3 is 2. The minimum atomic E-state index is -0.630. The van der Waals surface area contributed by atoms with Gasteiger partial charge in [0.25, 0.3) is 0 Å². The lowest BCUT2D eigenvalue weighted by atomic mass is 9.98. The van der Waals surface area contributed by atoms with Gasteiger partial charge in [0.05, 0.1) is 14.2 Å². The van der Waals surface area contributed by atoms with Crippen LogP contribution in [0.2, 0.25) is 0 Å². The van der Waals surface area contributed by atoms with Gasteiger partial charge in [0.15, 0.2) is 11.5 Å². The number of nitrogens with one attached hydrogen (secondary N) is 1. The maximum absolute atomic E-state index is 13.4. The second kappa shape index (κ2) is 11.9. The lowest BCUT2D eigenvalue weighted by Crippen LogP contribution is -2.50. The number of hydrogen-bond donors (Lipinski definition) is 1. The van der Waals surface area contributed by atoms with Gasteiger partial charge in [0.1, 0.15) is 17.5 Å². The average Bonchev–Trinajstić information content (AvgIpc) is 2.90. The summed E-state index contributed by atoms with van der Waals surface area (Å²) in [5.74, 6) is 2.93. The van der Waals surface area contributed by atoms with E-state index in [4.69, 9.17) is 14.2 Å². The molecule has 0 spiro atoms. The van der Waals surface area contributed by atoms with E-state index in [1.807, 2.05) is 66.7 Å². The third-order valence-corrected chi connectivity index (χ3v) is 7.03. The number of fused-ring (bicyclic) bond motifs is 1. The molecule has 2 amide bonds. The number of ether oxygens (including phenoxy) is 3. The molecule has 3 aromatic rings. The van der Waals surface area contributed by atoms with E-state index in [1.54, 1.807) is 19.1 Å². The van der Waals surface area contributed by atoms with Crippen LogP contribution in [0.5, 0.6) is 23.0 Å². The summed E-state index contributed by atoms with van der Waals surface area (Å²) in [7, 11) is 3.21. The predicted octanol–water partition coefficient (Wildman–Crippen LogP) is 4.68. The van der Waals surface area contributed by atoms with E-state index in [0.717, 1.165) is 27.5 Å². The molecule has 0 saturated heterocycles. The van der Waals surface area contributed by atoms with Crippen LogP contribution in [0.3, 0.4) is 0 Å². The van der Waals surface area contributed by atoms with Crippen molar-refractivity contribution in [2.75, 3.05) is 26.5 Å². The molecular formula is C28H30N2O5S. The molecule has 1 atom stereocenters. The predicted molar refractivity (Wildman–Crippen MR) is 140 cm³/mol. The summed E-state index contributed by atoms with van der Waals surface area (Å²) in [5.41, 5.74) is 2.16. The zero-order valence-electron chi connectivity index (χ0n) is 20.7. The highest BCUT2D eigenvalue weighted by atomic mass is 32.2. The van der Waals surface area contributed by atoms with Crippen LogP contribution in [-0.2, 0) is 22.6 Å². The lowest BCUT2D eigenvalue weighted by molar-refractivity contribution is -0.136. The Bertz CT molecular complexity index is 1200. The minimum absolute atomic E-state index is 0.0952. The summed E-state index contributed by atoms with van der Waals surface area (Å²) in [5, 5.41) is 2.84. The number of hydrogen-bond acceptors (Lipinski definition) is 6. The van der Waals surface area contributed by atoms with Gasteiger partial charge in [-0.3, -0.25) is 9.59 Å². The molecule has 1 aliphatic heterocycles. The summed E-state index contributed by atoms with van der Waals surface area (Å²) >= 11 is 1.52. The Morgan fingerprint density at radius 3 is 2.22 bits per heavy atom. The van der Waals surface area contributed by atoms with E-state index in [9.17, 15) is 9.59 Å². The van der Waals surface area contributed by atoms with Gasteiger partial charge < -0.3 is 24.4 Å². The fourth-order valence-corrected chi connectivity index (χ4v) is 5.03. The Balaban J connectivity index is 1.40. The van der Waals surface area contributed by atoms with Crippen LogP contribution >= 0.6 is 11.8 Å². The normalized spacial score (nSPS) is 13.4. The molecule has 0 aliphatic carbocycles. The molecule has 0 aromatic heterocycles.